The fraction of sp³-hybridized carbons (Fsp3) is 0.737. The Labute approximate surface area is 149 Å². The summed E-state index contributed by atoms with van der Waals surface area (Å²) >= 11 is 0. The minimum absolute atomic E-state index is 0.0238. The molecule has 1 heterocycles. The van der Waals surface area contributed by atoms with Crippen molar-refractivity contribution in [2.24, 2.45) is 18.4 Å². The van der Waals surface area contributed by atoms with Gasteiger partial charge in [0.05, 0.1) is 0 Å². The summed E-state index contributed by atoms with van der Waals surface area (Å²) in [5.41, 5.74) is 0.643. The van der Waals surface area contributed by atoms with Crippen LogP contribution in [0.2, 0.25) is 0 Å². The first-order valence-electron chi connectivity index (χ1n) is 9.35. The highest BCUT2D eigenvalue weighted by atomic mass is 16.2. The third-order valence-electron chi connectivity index (χ3n) is 6.18. The molecule has 0 aliphatic heterocycles. The summed E-state index contributed by atoms with van der Waals surface area (Å²) in [4.78, 5) is 26.8. The largest absolute Gasteiger partial charge is 0.353 e. The standard InChI is InChI=1S/C19H30N4O2/c1-19(2)11-9-15(19)17(24)20-13-5-7-14(8-6-13)23(4)18(25)16-10-12-22(3)21-16/h10,12-15H,5-9,11H2,1-4H3,(H,20,24). The van der Waals surface area contributed by atoms with Crippen LogP contribution in [0.1, 0.15) is 62.9 Å². The molecule has 0 saturated heterocycles. The molecule has 6 heteroatoms. The fourth-order valence-electron chi connectivity index (χ4n) is 4.14. The second kappa shape index (κ2) is 6.81. The molecule has 1 aromatic heterocycles. The number of aryl methyl sites for hydroxylation is 1. The Kier molecular flexibility index (Phi) is 4.89. The number of nitrogens with zero attached hydrogens (tertiary/aromatic N) is 3. The van der Waals surface area contributed by atoms with Crippen LogP contribution in [0, 0.1) is 11.3 Å². The van der Waals surface area contributed by atoms with Crippen molar-refractivity contribution in [2.75, 3.05) is 7.05 Å². The minimum Gasteiger partial charge on any atom is -0.353 e. The van der Waals surface area contributed by atoms with Crippen molar-refractivity contribution in [2.45, 2.75) is 64.5 Å². The number of hydrogen-bond donors (Lipinski definition) is 1. The lowest BCUT2D eigenvalue weighted by atomic mass is 9.62. The number of rotatable bonds is 4. The van der Waals surface area contributed by atoms with Crippen molar-refractivity contribution in [1.29, 1.82) is 0 Å². The van der Waals surface area contributed by atoms with E-state index in [1.165, 1.54) is 0 Å². The fourth-order valence-corrected chi connectivity index (χ4v) is 4.14. The molecule has 3 rings (SSSR count). The summed E-state index contributed by atoms with van der Waals surface area (Å²) in [6.45, 7) is 4.35. The number of amides is 2. The lowest BCUT2D eigenvalue weighted by Gasteiger charge is -2.44. The lowest BCUT2D eigenvalue weighted by molar-refractivity contribution is -0.135. The Morgan fingerprint density at radius 2 is 1.92 bits per heavy atom. The van der Waals surface area contributed by atoms with E-state index in [2.05, 4.69) is 24.3 Å². The predicted molar refractivity (Wildman–Crippen MR) is 96.0 cm³/mol. The quantitative estimate of drug-likeness (QED) is 0.910. The Balaban J connectivity index is 1.48. The second-order valence-electron chi connectivity index (χ2n) is 8.38. The van der Waals surface area contributed by atoms with E-state index in [9.17, 15) is 9.59 Å². The Hall–Kier alpha value is -1.85. The number of nitrogens with one attached hydrogen (secondary N) is 1. The minimum atomic E-state index is -0.0238. The zero-order valence-corrected chi connectivity index (χ0v) is 15.8. The Bertz CT molecular complexity index is 644. The molecule has 25 heavy (non-hydrogen) atoms. The molecule has 1 aromatic rings. The molecule has 0 bridgehead atoms. The average molecular weight is 346 g/mol. The van der Waals surface area contributed by atoms with Gasteiger partial charge in [-0.1, -0.05) is 13.8 Å². The van der Waals surface area contributed by atoms with E-state index in [4.69, 9.17) is 0 Å². The lowest BCUT2D eigenvalue weighted by Crippen LogP contribution is -2.50. The molecule has 1 N–H and O–H groups in total. The number of carbonyl (C=O) groups is 2. The van der Waals surface area contributed by atoms with Gasteiger partial charge in [0, 0.05) is 38.3 Å². The van der Waals surface area contributed by atoms with Crippen molar-refractivity contribution in [3.63, 3.8) is 0 Å². The van der Waals surface area contributed by atoms with Crippen LogP contribution < -0.4 is 5.32 Å². The van der Waals surface area contributed by atoms with E-state index >= 15 is 0 Å². The first-order chi connectivity index (χ1) is 11.8. The monoisotopic (exact) mass is 346 g/mol. The van der Waals surface area contributed by atoms with Crippen LogP contribution in [0.15, 0.2) is 12.3 Å². The molecule has 1 atom stereocenters. The SMILES string of the molecule is CN(C(=O)c1ccn(C)n1)C1CCC(NC(=O)C2CCC2(C)C)CC1. The number of carbonyl (C=O) groups excluding carboxylic acids is 2. The smallest absolute Gasteiger partial charge is 0.274 e. The third-order valence-corrected chi connectivity index (χ3v) is 6.18. The van der Waals surface area contributed by atoms with Gasteiger partial charge in [0.2, 0.25) is 5.91 Å². The molecule has 6 nitrogen and oxygen atoms in total. The maximum atomic E-state index is 12.5. The van der Waals surface area contributed by atoms with Gasteiger partial charge in [-0.25, -0.2) is 0 Å². The highest BCUT2D eigenvalue weighted by Gasteiger charge is 2.43. The second-order valence-corrected chi connectivity index (χ2v) is 8.38. The summed E-state index contributed by atoms with van der Waals surface area (Å²) in [5, 5.41) is 7.44. The molecule has 1 unspecified atom stereocenters. The summed E-state index contributed by atoms with van der Waals surface area (Å²) < 4.78 is 1.65. The first kappa shape index (κ1) is 18.0. The van der Waals surface area contributed by atoms with Gasteiger partial charge in [-0.15, -0.1) is 0 Å². The van der Waals surface area contributed by atoms with E-state index < -0.39 is 0 Å². The van der Waals surface area contributed by atoms with Crippen LogP contribution in [0.25, 0.3) is 0 Å². The van der Waals surface area contributed by atoms with Gasteiger partial charge in [-0.2, -0.15) is 5.10 Å². The highest BCUT2D eigenvalue weighted by Crippen LogP contribution is 2.46. The molecule has 138 valence electrons. The zero-order valence-electron chi connectivity index (χ0n) is 15.8. The van der Waals surface area contributed by atoms with Gasteiger partial charge in [0.1, 0.15) is 5.69 Å². The summed E-state index contributed by atoms with van der Waals surface area (Å²) in [7, 11) is 3.67. The van der Waals surface area contributed by atoms with Gasteiger partial charge in [0.15, 0.2) is 0 Å². The molecule has 0 radical (unpaired) electrons. The molecule has 0 aromatic carbocycles. The zero-order chi connectivity index (χ0) is 18.2. The maximum absolute atomic E-state index is 12.5. The maximum Gasteiger partial charge on any atom is 0.274 e. The number of hydrogen-bond acceptors (Lipinski definition) is 3. The van der Waals surface area contributed by atoms with Crippen LogP contribution >= 0.6 is 0 Å². The van der Waals surface area contributed by atoms with Crippen LogP contribution in [-0.2, 0) is 11.8 Å². The van der Waals surface area contributed by atoms with Crippen molar-refractivity contribution in [3.05, 3.63) is 18.0 Å². The van der Waals surface area contributed by atoms with E-state index in [1.807, 2.05) is 19.0 Å². The predicted octanol–water partition coefficient (Wildman–Crippen LogP) is 2.36. The summed E-state index contributed by atoms with van der Waals surface area (Å²) in [5.74, 6) is 0.362. The molecular weight excluding hydrogens is 316 g/mol. The van der Waals surface area contributed by atoms with Crippen molar-refractivity contribution in [1.82, 2.24) is 20.0 Å². The molecule has 2 aliphatic carbocycles. The summed E-state index contributed by atoms with van der Waals surface area (Å²) in [6.07, 6.45) is 7.65. The van der Waals surface area contributed by atoms with Crippen molar-refractivity contribution < 1.29 is 9.59 Å². The Morgan fingerprint density at radius 1 is 1.24 bits per heavy atom. The highest BCUT2D eigenvalue weighted by molar-refractivity contribution is 5.92. The molecule has 2 amide bonds. The topological polar surface area (TPSA) is 67.2 Å². The number of aromatic nitrogens is 2. The molecular formula is C19H30N4O2. The normalized spacial score (nSPS) is 28.1. The summed E-state index contributed by atoms with van der Waals surface area (Å²) in [6, 6.07) is 2.23. The average Bonchev–Trinajstić information content (AvgIpc) is 2.99. The van der Waals surface area contributed by atoms with Crippen molar-refractivity contribution >= 4 is 11.8 Å². The Morgan fingerprint density at radius 3 is 2.40 bits per heavy atom. The van der Waals surface area contributed by atoms with Gasteiger partial charge in [-0.3, -0.25) is 14.3 Å². The molecule has 2 saturated carbocycles. The third kappa shape index (κ3) is 3.72. The van der Waals surface area contributed by atoms with Gasteiger partial charge < -0.3 is 10.2 Å². The first-order valence-corrected chi connectivity index (χ1v) is 9.35. The van der Waals surface area contributed by atoms with Gasteiger partial charge in [0.25, 0.3) is 5.91 Å². The van der Waals surface area contributed by atoms with Gasteiger partial charge >= 0.3 is 0 Å². The van der Waals surface area contributed by atoms with E-state index in [1.54, 1.807) is 16.9 Å². The molecule has 2 fully saturated rings. The van der Waals surface area contributed by atoms with E-state index in [0.29, 0.717) is 5.69 Å². The van der Waals surface area contributed by atoms with E-state index in [0.717, 1.165) is 38.5 Å². The van der Waals surface area contributed by atoms with E-state index in [-0.39, 0.29) is 35.2 Å². The van der Waals surface area contributed by atoms with Crippen LogP contribution in [0.4, 0.5) is 0 Å². The van der Waals surface area contributed by atoms with Crippen LogP contribution in [0.5, 0.6) is 0 Å². The molecule has 0 spiro atoms. The molecule has 2 aliphatic rings. The van der Waals surface area contributed by atoms with Crippen LogP contribution in [0.3, 0.4) is 0 Å². The van der Waals surface area contributed by atoms with Gasteiger partial charge in [-0.05, 0) is 50.0 Å². The van der Waals surface area contributed by atoms with Crippen LogP contribution in [-0.4, -0.2) is 45.6 Å². The van der Waals surface area contributed by atoms with Crippen molar-refractivity contribution in [3.8, 4) is 0 Å².